The average molecular weight is 1470 g/mol. The Hall–Kier alpha value is -8.64. The zero-order valence-corrected chi connectivity index (χ0v) is 66.5. The molecule has 0 bridgehead atoms. The highest BCUT2D eigenvalue weighted by atomic mass is 16.6. The monoisotopic (exact) mass is 1470 g/mol. The summed E-state index contributed by atoms with van der Waals surface area (Å²) in [6, 6.07) is 41.5. The summed E-state index contributed by atoms with van der Waals surface area (Å²) >= 11 is 0. The molecule has 7 aromatic rings. The van der Waals surface area contributed by atoms with Crippen molar-refractivity contribution in [3.63, 3.8) is 0 Å². The molecule has 12 nitrogen and oxygen atoms in total. The first-order valence-corrected chi connectivity index (χ1v) is 42.0. The Bertz CT molecular complexity index is 3100. The molecule has 0 spiro atoms. The molecule has 582 valence electrons. The second kappa shape index (κ2) is 50.9. The zero-order chi connectivity index (χ0) is 76.8. The summed E-state index contributed by atoms with van der Waals surface area (Å²) in [7, 11) is 0. The normalized spacial score (nSPS) is 11.2. The molecule has 0 radical (unpaired) electrons. The van der Waals surface area contributed by atoms with Crippen LogP contribution in [-0.2, 0) is 38.5 Å². The number of esters is 6. The molecular formula is C96H126O12. The fourth-order valence-corrected chi connectivity index (χ4v) is 13.9. The van der Waals surface area contributed by atoms with Crippen LogP contribution in [0.2, 0.25) is 0 Å². The van der Waals surface area contributed by atoms with Gasteiger partial charge in [-0.2, -0.15) is 0 Å². The van der Waals surface area contributed by atoms with E-state index in [1.807, 2.05) is 72.8 Å². The summed E-state index contributed by atoms with van der Waals surface area (Å²) in [6.45, 7) is 13.2. The van der Waals surface area contributed by atoms with Crippen LogP contribution in [0.1, 0.15) is 368 Å². The van der Waals surface area contributed by atoms with Crippen LogP contribution < -0.4 is 28.4 Å². The van der Waals surface area contributed by atoms with E-state index in [2.05, 4.69) is 41.5 Å². The summed E-state index contributed by atoms with van der Waals surface area (Å²) in [5.41, 5.74) is 0.359. The number of carbonyl (C=O) groups excluding carboxylic acids is 6. The first kappa shape index (κ1) is 86.6. The van der Waals surface area contributed by atoms with Gasteiger partial charge in [0.25, 0.3) is 0 Å². The molecule has 7 aromatic carbocycles. The van der Waals surface area contributed by atoms with Crippen molar-refractivity contribution in [1.82, 2.24) is 0 Å². The number of carbonyl (C=O) groups is 6. The highest BCUT2D eigenvalue weighted by Crippen LogP contribution is 2.37. The van der Waals surface area contributed by atoms with E-state index < -0.39 is 69.2 Å². The third-order valence-electron chi connectivity index (χ3n) is 20.4. The molecule has 0 atom stereocenters. The Kier molecular flexibility index (Phi) is 40.8. The van der Waals surface area contributed by atoms with Gasteiger partial charge in [0.2, 0.25) is 0 Å². The molecule has 0 saturated heterocycles. The summed E-state index contributed by atoms with van der Waals surface area (Å²) < 4.78 is 37.9. The van der Waals surface area contributed by atoms with E-state index in [9.17, 15) is 0 Å². The zero-order valence-electron chi connectivity index (χ0n) is 66.5. The molecule has 0 fully saturated rings. The standard InChI is InChI=1S/C96H126O12/c1-7-13-19-25-31-37-43-73-49-61-79(62-50-73)103-91(97)85-86(92(98)104-80-63-51-74(52-64-80)44-38-32-26-20-14-8-2)88(94(100)106-82-67-55-76(56-68-82)46-40-34-28-22-16-10-4)90(96(102)108-84-71-59-78(60-72-84)48-42-36-30-24-18-12-6)89(95(101)107-83-69-57-77(58-70-83)47-41-35-29-23-17-11-5)87(85)93(99)105-81-65-53-75(54-66-81)45-39-33-27-21-15-9-3/h49-72H,7-48H2,1-6H3. The second-order valence-corrected chi connectivity index (χ2v) is 29.6. The van der Waals surface area contributed by atoms with Crippen molar-refractivity contribution in [1.29, 1.82) is 0 Å². The first-order valence-electron chi connectivity index (χ1n) is 42.0. The lowest BCUT2D eigenvalue weighted by molar-refractivity contribution is 0.0635. The molecule has 0 amide bonds. The lowest BCUT2D eigenvalue weighted by Gasteiger charge is -2.22. The van der Waals surface area contributed by atoms with Gasteiger partial charge in [-0.3, -0.25) is 0 Å². The van der Waals surface area contributed by atoms with Crippen LogP contribution in [-0.4, -0.2) is 35.8 Å². The molecular weight excluding hydrogens is 1350 g/mol. The van der Waals surface area contributed by atoms with Crippen molar-refractivity contribution in [3.8, 4) is 34.5 Å². The predicted octanol–water partition coefficient (Wildman–Crippen LogP) is 26.4. The lowest BCUT2D eigenvalue weighted by Crippen LogP contribution is -2.34. The van der Waals surface area contributed by atoms with Crippen LogP contribution in [0.5, 0.6) is 34.5 Å². The van der Waals surface area contributed by atoms with Gasteiger partial charge >= 0.3 is 35.8 Å². The van der Waals surface area contributed by atoms with Crippen LogP contribution in [0.3, 0.4) is 0 Å². The molecule has 0 aromatic heterocycles. The fourth-order valence-electron chi connectivity index (χ4n) is 13.9. The molecule has 0 aliphatic heterocycles. The van der Waals surface area contributed by atoms with Gasteiger partial charge in [0.1, 0.15) is 34.5 Å². The van der Waals surface area contributed by atoms with Crippen LogP contribution in [0.25, 0.3) is 0 Å². The Morgan fingerprint density at radius 3 is 0.398 bits per heavy atom. The number of aryl methyl sites for hydroxylation is 6. The van der Waals surface area contributed by atoms with Crippen molar-refractivity contribution in [2.75, 3.05) is 0 Å². The number of rotatable bonds is 54. The van der Waals surface area contributed by atoms with Gasteiger partial charge in [0.15, 0.2) is 0 Å². The molecule has 0 aliphatic rings. The van der Waals surface area contributed by atoms with Crippen LogP contribution in [0.4, 0.5) is 0 Å². The van der Waals surface area contributed by atoms with Crippen molar-refractivity contribution in [3.05, 3.63) is 212 Å². The molecule has 0 unspecified atom stereocenters. The van der Waals surface area contributed by atoms with E-state index in [0.717, 1.165) is 226 Å². The minimum absolute atomic E-state index is 0.00557. The third-order valence-corrected chi connectivity index (χ3v) is 20.4. The largest absolute Gasteiger partial charge is 0.423 e. The average Bonchev–Trinajstić information content (AvgIpc) is 0.726. The van der Waals surface area contributed by atoms with Crippen molar-refractivity contribution in [2.24, 2.45) is 0 Å². The van der Waals surface area contributed by atoms with E-state index in [1.54, 1.807) is 72.8 Å². The van der Waals surface area contributed by atoms with Gasteiger partial charge in [0, 0.05) is 0 Å². The van der Waals surface area contributed by atoms with Gasteiger partial charge in [-0.05, 0) is 183 Å². The van der Waals surface area contributed by atoms with Crippen LogP contribution >= 0.6 is 0 Å². The number of ether oxygens (including phenoxy) is 6. The lowest BCUT2D eigenvalue weighted by atomic mass is 9.85. The molecule has 0 saturated carbocycles. The summed E-state index contributed by atoms with van der Waals surface area (Å²) in [5.74, 6) is -8.20. The summed E-state index contributed by atoms with van der Waals surface area (Å²) in [4.78, 5) is 96.9. The summed E-state index contributed by atoms with van der Waals surface area (Å²) in [6.07, 6.45) is 44.4. The number of hydrogen-bond donors (Lipinski definition) is 0. The Morgan fingerprint density at radius 2 is 0.278 bits per heavy atom. The third kappa shape index (κ3) is 30.8. The van der Waals surface area contributed by atoms with E-state index in [-0.39, 0.29) is 34.5 Å². The van der Waals surface area contributed by atoms with E-state index in [0.29, 0.717) is 0 Å². The molecule has 0 heterocycles. The maximum atomic E-state index is 16.2. The Balaban J connectivity index is 1.47. The molecule has 108 heavy (non-hydrogen) atoms. The Morgan fingerprint density at radius 1 is 0.167 bits per heavy atom. The van der Waals surface area contributed by atoms with Crippen LogP contribution in [0, 0.1) is 0 Å². The highest BCUT2D eigenvalue weighted by Gasteiger charge is 2.45. The van der Waals surface area contributed by atoms with Crippen molar-refractivity contribution < 1.29 is 57.2 Å². The number of unbranched alkanes of at least 4 members (excludes halogenated alkanes) is 30. The maximum absolute atomic E-state index is 16.2. The predicted molar refractivity (Wildman–Crippen MR) is 437 cm³/mol. The van der Waals surface area contributed by atoms with Crippen molar-refractivity contribution >= 4 is 35.8 Å². The first-order chi connectivity index (χ1) is 52.9. The Labute approximate surface area is 647 Å². The number of benzene rings is 7. The number of hydrogen-bond acceptors (Lipinski definition) is 12. The quantitative estimate of drug-likeness (QED) is 0.0202. The minimum Gasteiger partial charge on any atom is -0.423 e. The molecule has 7 rings (SSSR count). The molecule has 0 aliphatic carbocycles. The second-order valence-electron chi connectivity index (χ2n) is 29.6. The van der Waals surface area contributed by atoms with Crippen LogP contribution in [0.15, 0.2) is 146 Å². The highest BCUT2D eigenvalue weighted by molar-refractivity contribution is 6.25. The van der Waals surface area contributed by atoms with E-state index in [1.165, 1.54) is 77.0 Å². The van der Waals surface area contributed by atoms with Gasteiger partial charge in [0.05, 0.1) is 33.4 Å². The van der Waals surface area contributed by atoms with Crippen molar-refractivity contribution in [2.45, 2.75) is 311 Å². The maximum Gasteiger partial charge on any atom is 0.345 e. The van der Waals surface area contributed by atoms with Gasteiger partial charge < -0.3 is 28.4 Å². The smallest absolute Gasteiger partial charge is 0.345 e. The van der Waals surface area contributed by atoms with E-state index in [4.69, 9.17) is 28.4 Å². The SMILES string of the molecule is CCCCCCCCc1ccc(OC(=O)c2c(C(=O)Oc3ccc(CCCCCCCC)cc3)c(C(=O)Oc3ccc(CCCCCCCC)cc3)c(C(=O)Oc3ccc(CCCCCCCC)cc3)c(C(=O)Oc3ccc(CCCCCCCC)cc3)c2C(=O)Oc2ccc(CCCCCCCC)cc2)cc1. The topological polar surface area (TPSA) is 158 Å². The minimum atomic E-state index is -1.37. The fraction of sp³-hybridized carbons (Fsp3) is 0.500. The molecule has 0 N–H and O–H groups in total. The van der Waals surface area contributed by atoms with Gasteiger partial charge in [-0.15, -0.1) is 0 Å². The van der Waals surface area contributed by atoms with E-state index >= 15 is 28.8 Å². The molecule has 12 heteroatoms. The summed E-state index contributed by atoms with van der Waals surface area (Å²) in [5, 5.41) is 0. The van der Waals surface area contributed by atoms with Gasteiger partial charge in [-0.1, -0.05) is 307 Å². The van der Waals surface area contributed by atoms with Gasteiger partial charge in [-0.25, -0.2) is 28.8 Å².